The van der Waals surface area contributed by atoms with Gasteiger partial charge in [0.1, 0.15) is 18.0 Å². The lowest BCUT2D eigenvalue weighted by Crippen LogP contribution is -2.39. The van der Waals surface area contributed by atoms with Gasteiger partial charge in [-0.05, 0) is 56.9 Å². The standard InChI is InChI=1S/C19H24N4O/c1-3-17-6-4-5-11-23(17)19-12-18(20-13-21-19)22-16-9-7-15(8-10-16)14(2)24/h7-10,12-13,17H,3-6,11H2,1-2H3,(H,20,21,22). The molecule has 126 valence electrons. The Balaban J connectivity index is 1.76. The fourth-order valence-corrected chi connectivity index (χ4v) is 3.24. The fraction of sp³-hybridized carbons (Fsp3) is 0.421. The van der Waals surface area contributed by atoms with Crippen LogP contribution in [0.1, 0.15) is 49.9 Å². The molecule has 1 aromatic carbocycles. The molecule has 0 spiro atoms. The van der Waals surface area contributed by atoms with Crippen LogP contribution in [0.15, 0.2) is 36.7 Å². The normalized spacial score (nSPS) is 17.6. The third-order valence-electron chi connectivity index (χ3n) is 4.61. The van der Waals surface area contributed by atoms with Crippen molar-refractivity contribution in [1.82, 2.24) is 9.97 Å². The Morgan fingerprint density at radius 2 is 2.04 bits per heavy atom. The van der Waals surface area contributed by atoms with E-state index in [9.17, 15) is 4.79 Å². The predicted octanol–water partition coefficient (Wildman–Crippen LogP) is 4.19. The zero-order valence-corrected chi connectivity index (χ0v) is 14.3. The largest absolute Gasteiger partial charge is 0.353 e. The number of piperidine rings is 1. The first-order chi connectivity index (χ1) is 11.7. The van der Waals surface area contributed by atoms with Gasteiger partial charge in [0.2, 0.25) is 0 Å². The minimum absolute atomic E-state index is 0.0709. The van der Waals surface area contributed by atoms with Crippen molar-refractivity contribution in [3.63, 3.8) is 0 Å². The molecule has 1 saturated heterocycles. The Kier molecular flexibility index (Phi) is 5.08. The summed E-state index contributed by atoms with van der Waals surface area (Å²) in [6.45, 7) is 4.87. The lowest BCUT2D eigenvalue weighted by atomic mass is 10.0. The van der Waals surface area contributed by atoms with E-state index < -0.39 is 0 Å². The maximum absolute atomic E-state index is 11.3. The quantitative estimate of drug-likeness (QED) is 0.836. The van der Waals surface area contributed by atoms with E-state index in [0.29, 0.717) is 11.6 Å². The van der Waals surface area contributed by atoms with Crippen molar-refractivity contribution in [3.8, 4) is 0 Å². The lowest BCUT2D eigenvalue weighted by molar-refractivity contribution is 0.101. The third kappa shape index (κ3) is 3.72. The second-order valence-electron chi connectivity index (χ2n) is 6.27. The highest BCUT2D eigenvalue weighted by atomic mass is 16.1. The van der Waals surface area contributed by atoms with Crippen LogP contribution >= 0.6 is 0 Å². The molecule has 3 rings (SSSR count). The van der Waals surface area contributed by atoms with Crippen LogP contribution in [-0.2, 0) is 0 Å². The highest BCUT2D eigenvalue weighted by Gasteiger charge is 2.22. The number of nitrogens with one attached hydrogen (secondary N) is 1. The van der Waals surface area contributed by atoms with Crippen LogP contribution in [0.5, 0.6) is 0 Å². The van der Waals surface area contributed by atoms with Gasteiger partial charge < -0.3 is 10.2 Å². The first-order valence-electron chi connectivity index (χ1n) is 8.64. The van der Waals surface area contributed by atoms with Gasteiger partial charge in [-0.15, -0.1) is 0 Å². The molecular formula is C19H24N4O. The number of benzene rings is 1. The second kappa shape index (κ2) is 7.43. The molecule has 1 unspecified atom stereocenters. The number of carbonyl (C=O) groups is 1. The summed E-state index contributed by atoms with van der Waals surface area (Å²) in [6.07, 6.45) is 6.50. The van der Waals surface area contributed by atoms with E-state index >= 15 is 0 Å². The van der Waals surface area contributed by atoms with E-state index in [-0.39, 0.29) is 5.78 Å². The van der Waals surface area contributed by atoms with Crippen molar-refractivity contribution in [2.24, 2.45) is 0 Å². The molecule has 5 nitrogen and oxygen atoms in total. The number of hydrogen-bond acceptors (Lipinski definition) is 5. The summed E-state index contributed by atoms with van der Waals surface area (Å²) in [7, 11) is 0. The van der Waals surface area contributed by atoms with Crippen molar-refractivity contribution in [2.45, 2.75) is 45.6 Å². The van der Waals surface area contributed by atoms with Gasteiger partial charge in [-0.2, -0.15) is 0 Å². The van der Waals surface area contributed by atoms with E-state index in [1.165, 1.54) is 19.3 Å². The van der Waals surface area contributed by atoms with Gasteiger partial charge in [0.25, 0.3) is 0 Å². The molecule has 5 heteroatoms. The van der Waals surface area contributed by atoms with Crippen LogP contribution in [0, 0.1) is 0 Å². The zero-order valence-electron chi connectivity index (χ0n) is 14.3. The van der Waals surface area contributed by atoms with E-state index in [2.05, 4.69) is 27.1 Å². The maximum Gasteiger partial charge on any atom is 0.159 e. The summed E-state index contributed by atoms with van der Waals surface area (Å²) in [5.74, 6) is 1.83. The van der Waals surface area contributed by atoms with Crippen molar-refractivity contribution in [3.05, 3.63) is 42.2 Å². The average Bonchev–Trinajstić information content (AvgIpc) is 2.62. The summed E-state index contributed by atoms with van der Waals surface area (Å²) in [5, 5.41) is 3.29. The van der Waals surface area contributed by atoms with Gasteiger partial charge in [0.05, 0.1) is 0 Å². The van der Waals surface area contributed by atoms with Gasteiger partial charge in [-0.1, -0.05) is 6.92 Å². The second-order valence-corrected chi connectivity index (χ2v) is 6.27. The van der Waals surface area contributed by atoms with Gasteiger partial charge in [-0.3, -0.25) is 4.79 Å². The monoisotopic (exact) mass is 324 g/mol. The van der Waals surface area contributed by atoms with Crippen molar-refractivity contribution in [2.75, 3.05) is 16.8 Å². The van der Waals surface area contributed by atoms with Crippen LogP contribution in [0.2, 0.25) is 0 Å². The van der Waals surface area contributed by atoms with E-state index in [1.54, 1.807) is 13.3 Å². The minimum atomic E-state index is 0.0709. The van der Waals surface area contributed by atoms with Crippen LogP contribution < -0.4 is 10.2 Å². The Morgan fingerprint density at radius 1 is 1.25 bits per heavy atom. The molecule has 2 heterocycles. The van der Waals surface area contributed by atoms with Crippen LogP contribution in [-0.4, -0.2) is 28.3 Å². The Hall–Kier alpha value is -2.43. The van der Waals surface area contributed by atoms with Crippen LogP contribution in [0.4, 0.5) is 17.3 Å². The van der Waals surface area contributed by atoms with E-state index in [0.717, 1.165) is 30.3 Å². The van der Waals surface area contributed by atoms with Gasteiger partial charge in [0.15, 0.2) is 5.78 Å². The summed E-state index contributed by atoms with van der Waals surface area (Å²) >= 11 is 0. The number of anilines is 3. The maximum atomic E-state index is 11.3. The fourth-order valence-electron chi connectivity index (χ4n) is 3.24. The van der Waals surface area contributed by atoms with Crippen molar-refractivity contribution < 1.29 is 4.79 Å². The summed E-state index contributed by atoms with van der Waals surface area (Å²) in [4.78, 5) is 22.5. The van der Waals surface area contributed by atoms with Gasteiger partial charge in [-0.25, -0.2) is 9.97 Å². The Labute approximate surface area is 143 Å². The predicted molar refractivity (Wildman–Crippen MR) is 97.0 cm³/mol. The number of aromatic nitrogens is 2. The molecule has 0 radical (unpaired) electrons. The first-order valence-corrected chi connectivity index (χ1v) is 8.64. The molecule has 1 aliphatic heterocycles. The summed E-state index contributed by atoms with van der Waals surface area (Å²) < 4.78 is 0. The highest BCUT2D eigenvalue weighted by Crippen LogP contribution is 2.26. The number of hydrogen-bond donors (Lipinski definition) is 1. The number of nitrogens with zero attached hydrogens (tertiary/aromatic N) is 3. The number of ketones is 1. The molecule has 0 bridgehead atoms. The number of rotatable bonds is 5. The molecular weight excluding hydrogens is 300 g/mol. The Morgan fingerprint density at radius 3 is 2.75 bits per heavy atom. The van der Waals surface area contributed by atoms with Crippen LogP contribution in [0.25, 0.3) is 0 Å². The molecule has 1 aromatic heterocycles. The first kappa shape index (κ1) is 16.4. The van der Waals surface area contributed by atoms with E-state index in [4.69, 9.17) is 0 Å². The van der Waals surface area contributed by atoms with Crippen molar-refractivity contribution >= 4 is 23.1 Å². The molecule has 1 aliphatic rings. The lowest BCUT2D eigenvalue weighted by Gasteiger charge is -2.36. The molecule has 2 aromatic rings. The third-order valence-corrected chi connectivity index (χ3v) is 4.61. The minimum Gasteiger partial charge on any atom is -0.353 e. The smallest absolute Gasteiger partial charge is 0.159 e. The Bertz CT molecular complexity index is 699. The van der Waals surface area contributed by atoms with Crippen molar-refractivity contribution in [1.29, 1.82) is 0 Å². The molecule has 1 fully saturated rings. The molecule has 0 amide bonds. The van der Waals surface area contributed by atoms with E-state index in [1.807, 2.05) is 30.3 Å². The molecule has 0 aliphatic carbocycles. The number of carbonyl (C=O) groups excluding carboxylic acids is 1. The summed E-state index contributed by atoms with van der Waals surface area (Å²) in [5.41, 5.74) is 1.62. The molecule has 1 atom stereocenters. The average molecular weight is 324 g/mol. The summed E-state index contributed by atoms with van der Waals surface area (Å²) in [6, 6.07) is 10.0. The molecule has 24 heavy (non-hydrogen) atoms. The zero-order chi connectivity index (χ0) is 16.9. The number of Topliss-reactive ketones (excluding diaryl/α,β-unsaturated/α-hetero) is 1. The van der Waals surface area contributed by atoms with Crippen LogP contribution in [0.3, 0.4) is 0 Å². The van der Waals surface area contributed by atoms with Gasteiger partial charge >= 0.3 is 0 Å². The highest BCUT2D eigenvalue weighted by molar-refractivity contribution is 5.94. The molecule has 1 N–H and O–H groups in total. The topological polar surface area (TPSA) is 58.1 Å². The van der Waals surface area contributed by atoms with Gasteiger partial charge in [0, 0.05) is 29.9 Å². The molecule has 0 saturated carbocycles. The SMILES string of the molecule is CCC1CCCCN1c1cc(Nc2ccc(C(C)=O)cc2)ncn1.